The van der Waals surface area contributed by atoms with Crippen molar-refractivity contribution >= 4 is 0 Å². The lowest BCUT2D eigenvalue weighted by molar-refractivity contribution is -0.377. The molecule has 2 aliphatic heterocycles. The van der Waals surface area contributed by atoms with Crippen LogP contribution in [0.1, 0.15) is 107 Å². The van der Waals surface area contributed by atoms with Crippen LogP contribution < -0.4 is 0 Å². The Labute approximate surface area is 320 Å². The van der Waals surface area contributed by atoms with Gasteiger partial charge < -0.3 is 64.9 Å². The van der Waals surface area contributed by atoms with E-state index in [4.69, 9.17) is 18.9 Å². The van der Waals surface area contributed by atoms with Crippen molar-refractivity contribution in [3.63, 3.8) is 0 Å². The molecule has 13 nitrogen and oxygen atoms in total. The highest BCUT2D eigenvalue weighted by atomic mass is 16.8. The molecule has 9 N–H and O–H groups in total. The molecular formula is C41H70O13. The number of ether oxygens (including phenoxy) is 4. The van der Waals surface area contributed by atoms with Gasteiger partial charge in [0.1, 0.15) is 42.7 Å². The SMILES string of the molecule is CC(C)=CCC[C@@](C)(O)[C@H]1CC[C@]2(C)[C@@H]1[C@H](O)C[C@@H]1[C@@]3(C)CC[C@@H](O)C(C)(C)[C@H]3[C@H](O[C@@H]3O[C@H](CO)[C@@H](O)[C@H](O)[C@H]3O[C@H]3OC[C@H](O)[C@@H](O)[C@@H]3O)C[C@]12C. The van der Waals surface area contributed by atoms with Crippen molar-refractivity contribution in [2.75, 3.05) is 13.2 Å². The number of hydrogen-bond donors (Lipinski definition) is 9. The maximum atomic E-state index is 12.2. The van der Waals surface area contributed by atoms with E-state index in [9.17, 15) is 46.0 Å². The average molecular weight is 771 g/mol. The van der Waals surface area contributed by atoms with Gasteiger partial charge in [-0.2, -0.15) is 0 Å². The summed E-state index contributed by atoms with van der Waals surface area (Å²) < 4.78 is 24.8. The third-order valence-corrected chi connectivity index (χ3v) is 16.1. The number of hydrogen-bond acceptors (Lipinski definition) is 13. The van der Waals surface area contributed by atoms with Crippen LogP contribution in [0.25, 0.3) is 0 Å². The topological polar surface area (TPSA) is 219 Å². The van der Waals surface area contributed by atoms with Crippen LogP contribution in [0.4, 0.5) is 0 Å². The summed E-state index contributed by atoms with van der Waals surface area (Å²) >= 11 is 0. The summed E-state index contributed by atoms with van der Waals surface area (Å²) in [5.41, 5.74) is -1.69. The number of allylic oxidation sites excluding steroid dienone is 2. The van der Waals surface area contributed by atoms with E-state index in [0.717, 1.165) is 19.3 Å². The Morgan fingerprint density at radius 2 is 1.52 bits per heavy atom. The highest BCUT2D eigenvalue weighted by Crippen LogP contribution is 2.76. The molecule has 4 aliphatic carbocycles. The van der Waals surface area contributed by atoms with Crippen LogP contribution in [0.15, 0.2) is 11.6 Å². The molecule has 54 heavy (non-hydrogen) atoms. The van der Waals surface area contributed by atoms with Gasteiger partial charge in [0.25, 0.3) is 0 Å². The first-order valence-corrected chi connectivity index (χ1v) is 20.4. The second kappa shape index (κ2) is 15.1. The van der Waals surface area contributed by atoms with Gasteiger partial charge in [-0.25, -0.2) is 0 Å². The largest absolute Gasteiger partial charge is 0.394 e. The molecule has 312 valence electrons. The maximum Gasteiger partial charge on any atom is 0.187 e. The van der Waals surface area contributed by atoms with E-state index in [0.29, 0.717) is 32.1 Å². The lowest BCUT2D eigenvalue weighted by Crippen LogP contribution is -2.71. The minimum absolute atomic E-state index is 0.0443. The lowest BCUT2D eigenvalue weighted by atomic mass is 9.34. The first-order valence-electron chi connectivity index (χ1n) is 20.4. The third-order valence-electron chi connectivity index (χ3n) is 16.1. The molecule has 0 aromatic heterocycles. The summed E-state index contributed by atoms with van der Waals surface area (Å²) in [4.78, 5) is 0. The predicted molar refractivity (Wildman–Crippen MR) is 196 cm³/mol. The summed E-state index contributed by atoms with van der Waals surface area (Å²) in [7, 11) is 0. The van der Waals surface area contributed by atoms with Crippen LogP contribution in [0.3, 0.4) is 0 Å². The van der Waals surface area contributed by atoms with Gasteiger partial charge in [0.05, 0.1) is 37.1 Å². The van der Waals surface area contributed by atoms with E-state index in [1.165, 1.54) is 5.57 Å². The van der Waals surface area contributed by atoms with Crippen molar-refractivity contribution in [2.24, 2.45) is 45.3 Å². The monoisotopic (exact) mass is 770 g/mol. The first-order chi connectivity index (χ1) is 25.0. The zero-order valence-corrected chi connectivity index (χ0v) is 33.5. The summed E-state index contributed by atoms with van der Waals surface area (Å²) in [6, 6.07) is 0. The van der Waals surface area contributed by atoms with Crippen molar-refractivity contribution in [3.05, 3.63) is 11.6 Å². The highest BCUT2D eigenvalue weighted by Gasteiger charge is 2.73. The Kier molecular flexibility index (Phi) is 12.0. The summed E-state index contributed by atoms with van der Waals surface area (Å²) in [6.07, 6.45) is -7.90. The first kappa shape index (κ1) is 42.8. The normalized spacial score (nSPS) is 52.8. The van der Waals surface area contributed by atoms with Crippen molar-refractivity contribution in [3.8, 4) is 0 Å². The van der Waals surface area contributed by atoms with E-state index < -0.39 is 107 Å². The molecular weight excluding hydrogens is 700 g/mol. The smallest absolute Gasteiger partial charge is 0.187 e. The minimum Gasteiger partial charge on any atom is -0.394 e. The molecule has 0 aromatic rings. The van der Waals surface area contributed by atoms with Crippen LogP contribution in [0, 0.1) is 45.3 Å². The van der Waals surface area contributed by atoms with Crippen LogP contribution in [0.2, 0.25) is 0 Å². The van der Waals surface area contributed by atoms with Gasteiger partial charge in [-0.3, -0.25) is 0 Å². The zero-order chi connectivity index (χ0) is 39.9. The Hall–Kier alpha value is -0.780. The highest BCUT2D eigenvalue weighted by molar-refractivity contribution is 5.22. The van der Waals surface area contributed by atoms with Crippen molar-refractivity contribution in [1.29, 1.82) is 0 Å². The molecule has 20 atom stereocenters. The Morgan fingerprint density at radius 3 is 2.17 bits per heavy atom. The molecule has 0 radical (unpaired) electrons. The molecule has 0 spiro atoms. The maximum absolute atomic E-state index is 12.2. The average Bonchev–Trinajstić information content (AvgIpc) is 3.48. The molecule has 0 unspecified atom stereocenters. The molecule has 0 amide bonds. The quantitative estimate of drug-likeness (QED) is 0.121. The van der Waals surface area contributed by atoms with Gasteiger partial charge in [-0.1, -0.05) is 46.3 Å². The fraction of sp³-hybridized carbons (Fsp3) is 0.951. The van der Waals surface area contributed by atoms with E-state index in [1.807, 2.05) is 20.8 Å². The van der Waals surface area contributed by atoms with Crippen LogP contribution >= 0.6 is 0 Å². The molecule has 6 rings (SSSR count). The van der Waals surface area contributed by atoms with Crippen LogP contribution in [0.5, 0.6) is 0 Å². The predicted octanol–water partition coefficient (Wildman–Crippen LogP) is 1.76. The van der Waals surface area contributed by atoms with Gasteiger partial charge in [-0.15, -0.1) is 0 Å². The zero-order valence-electron chi connectivity index (χ0n) is 33.5. The summed E-state index contributed by atoms with van der Waals surface area (Å²) in [6.45, 7) is 16.0. The van der Waals surface area contributed by atoms with Crippen molar-refractivity contribution in [2.45, 2.75) is 186 Å². The van der Waals surface area contributed by atoms with E-state index in [1.54, 1.807) is 0 Å². The minimum atomic E-state index is -1.68. The fourth-order valence-electron chi connectivity index (χ4n) is 13.1. The lowest BCUT2D eigenvalue weighted by Gasteiger charge is -2.72. The second-order valence-electron chi connectivity index (χ2n) is 19.8. The summed E-state index contributed by atoms with van der Waals surface area (Å²) in [5.74, 6) is -0.513. The molecule has 2 saturated heterocycles. The van der Waals surface area contributed by atoms with E-state index in [-0.39, 0.29) is 30.3 Å². The number of aliphatic hydroxyl groups excluding tert-OH is 8. The van der Waals surface area contributed by atoms with E-state index >= 15 is 0 Å². The molecule has 0 aromatic carbocycles. The fourth-order valence-corrected chi connectivity index (χ4v) is 13.1. The standard InChI is InChI=1S/C41H70O13/c1-20(2)10-9-13-41(8,50)21-11-15-39(6)28(21)22(43)16-26-38(5)14-12-27(45)37(3,4)34(38)24(17-40(26,39)7)52-36-33(31(48)30(47)25(18-42)53-36)54-35-32(49)29(46)23(44)19-51-35/h10,21-36,42-50H,9,11-19H2,1-8H3/t21-,22+,23-,24+,25+,26+,27+,28-,29+,30+,31-,32-,33+,34+,35+,36+,38+,39+,40+,41+/m0/s1. The van der Waals surface area contributed by atoms with Gasteiger partial charge in [-0.05, 0) is 117 Å². The second-order valence-corrected chi connectivity index (χ2v) is 19.8. The molecule has 2 heterocycles. The number of aliphatic hydroxyl groups is 9. The van der Waals surface area contributed by atoms with Gasteiger partial charge >= 0.3 is 0 Å². The summed E-state index contributed by atoms with van der Waals surface area (Å²) in [5, 5.41) is 99.6. The van der Waals surface area contributed by atoms with Crippen LogP contribution in [-0.2, 0) is 18.9 Å². The van der Waals surface area contributed by atoms with Crippen molar-refractivity contribution in [1.82, 2.24) is 0 Å². The molecule has 13 heteroatoms. The van der Waals surface area contributed by atoms with Crippen molar-refractivity contribution < 1.29 is 64.9 Å². The molecule has 6 aliphatic rings. The van der Waals surface area contributed by atoms with Crippen LogP contribution in [-0.4, -0.2) is 138 Å². The van der Waals surface area contributed by atoms with Gasteiger partial charge in [0.2, 0.25) is 0 Å². The van der Waals surface area contributed by atoms with Gasteiger partial charge in [0, 0.05) is 0 Å². The third kappa shape index (κ3) is 6.86. The number of fused-ring (bicyclic) bond motifs is 5. The van der Waals surface area contributed by atoms with E-state index in [2.05, 4.69) is 40.7 Å². The molecule has 4 saturated carbocycles. The number of rotatable bonds is 9. The Morgan fingerprint density at radius 1 is 0.833 bits per heavy atom. The Balaban J connectivity index is 1.38. The van der Waals surface area contributed by atoms with Gasteiger partial charge in [0.15, 0.2) is 12.6 Å². The molecule has 0 bridgehead atoms. The molecule has 6 fully saturated rings. The Bertz CT molecular complexity index is 1350.